The summed E-state index contributed by atoms with van der Waals surface area (Å²) in [5, 5.41) is 0.907. The van der Waals surface area contributed by atoms with E-state index in [0.717, 1.165) is 0 Å². The topological polar surface area (TPSA) is 39.4 Å². The number of hydrogen-bond donors (Lipinski definition) is 0. The van der Waals surface area contributed by atoms with Crippen LogP contribution in [0.5, 0.6) is 5.75 Å². The summed E-state index contributed by atoms with van der Waals surface area (Å²) in [6.07, 6.45) is 1.76. The molecule has 1 aromatic heterocycles. The fraction of sp³-hybridized carbons (Fsp3) is 0.154. The van der Waals surface area contributed by atoms with Gasteiger partial charge < -0.3 is 9.15 Å². The third kappa shape index (κ3) is 2.01. The molecule has 0 fully saturated rings. The summed E-state index contributed by atoms with van der Waals surface area (Å²) in [5.74, 6) is -1.18. The van der Waals surface area contributed by atoms with Gasteiger partial charge in [-0.1, -0.05) is 18.3 Å². The average molecular weight is 266 g/mol. The van der Waals surface area contributed by atoms with Crippen molar-refractivity contribution in [2.45, 2.75) is 5.09 Å². The van der Waals surface area contributed by atoms with Crippen molar-refractivity contribution in [3.63, 3.8) is 0 Å². The van der Waals surface area contributed by atoms with Gasteiger partial charge in [-0.15, -0.1) is 0 Å². The number of hydrogen-bond acceptors (Lipinski definition) is 4. The number of carbonyl (C=O) groups is 1. The Labute approximate surface area is 108 Å². The van der Waals surface area contributed by atoms with Gasteiger partial charge in [0, 0.05) is 5.39 Å². The van der Waals surface area contributed by atoms with E-state index in [1.807, 2.05) is 0 Å². The summed E-state index contributed by atoms with van der Waals surface area (Å²) in [5.41, 5.74) is 0.716. The zero-order chi connectivity index (χ0) is 13.3. The molecule has 1 aromatic carbocycles. The first kappa shape index (κ1) is 12.7. The first-order chi connectivity index (χ1) is 8.58. The van der Waals surface area contributed by atoms with Crippen LogP contribution in [-0.4, -0.2) is 19.1 Å². The van der Waals surface area contributed by atoms with E-state index in [1.54, 1.807) is 24.5 Å². The molecule has 0 spiro atoms. The third-order valence-corrected chi connectivity index (χ3v) is 3.18. The Kier molecular flexibility index (Phi) is 3.43. The van der Waals surface area contributed by atoms with Crippen molar-refractivity contribution in [2.75, 3.05) is 13.4 Å². The molecule has 1 heterocycles. The molecule has 5 heteroatoms. The summed E-state index contributed by atoms with van der Waals surface area (Å²) >= 11 is 1.24. The van der Waals surface area contributed by atoms with E-state index in [2.05, 4.69) is 6.58 Å². The number of halogens is 1. The number of ether oxygens (including phenoxy) is 1. The van der Waals surface area contributed by atoms with Gasteiger partial charge in [0.05, 0.1) is 12.7 Å². The molecule has 0 atom stereocenters. The second kappa shape index (κ2) is 4.86. The molecule has 0 bridgehead atoms. The van der Waals surface area contributed by atoms with Gasteiger partial charge >= 0.3 is 0 Å². The summed E-state index contributed by atoms with van der Waals surface area (Å²) in [7, 11) is 1.52. The van der Waals surface area contributed by atoms with Crippen molar-refractivity contribution < 1.29 is 18.3 Å². The smallest absolute Gasteiger partial charge is 0.225 e. The van der Waals surface area contributed by atoms with Gasteiger partial charge in [-0.05, 0) is 24.5 Å². The molecule has 0 aliphatic heterocycles. The number of fused-ring (bicyclic) bond motifs is 1. The number of thioether (sulfide) groups is 1. The van der Waals surface area contributed by atoms with E-state index in [4.69, 9.17) is 9.15 Å². The van der Waals surface area contributed by atoms with Gasteiger partial charge in [0.2, 0.25) is 5.78 Å². The molecule has 2 rings (SSSR count). The van der Waals surface area contributed by atoms with Crippen molar-refractivity contribution in [3.05, 3.63) is 36.2 Å². The normalized spacial score (nSPS) is 10.6. The highest BCUT2D eigenvalue weighted by molar-refractivity contribution is 7.98. The van der Waals surface area contributed by atoms with Crippen LogP contribution in [0.1, 0.15) is 10.4 Å². The van der Waals surface area contributed by atoms with E-state index in [9.17, 15) is 9.18 Å². The largest absolute Gasteiger partial charge is 0.497 e. The molecule has 2 aromatic rings. The van der Waals surface area contributed by atoms with Gasteiger partial charge in [-0.25, -0.2) is 4.39 Å². The minimum atomic E-state index is -1.00. The van der Waals surface area contributed by atoms with Crippen LogP contribution in [0, 0.1) is 0 Å². The van der Waals surface area contributed by atoms with Crippen LogP contribution in [0.2, 0.25) is 0 Å². The van der Waals surface area contributed by atoms with E-state index in [-0.39, 0.29) is 5.56 Å². The van der Waals surface area contributed by atoms with Crippen LogP contribution in [0.25, 0.3) is 11.0 Å². The van der Waals surface area contributed by atoms with Crippen LogP contribution in [-0.2, 0) is 0 Å². The van der Waals surface area contributed by atoms with Crippen molar-refractivity contribution in [3.8, 4) is 5.75 Å². The van der Waals surface area contributed by atoms with Crippen LogP contribution >= 0.6 is 11.8 Å². The molecule has 0 saturated heterocycles. The Hall–Kier alpha value is -1.75. The standard InChI is InChI=1S/C13H11FO3S/c1-7(14)12(15)11-9-6-8(16-2)4-5-10(9)17-13(11)18-3/h4-6H,1H2,2-3H3. The second-order valence-electron chi connectivity index (χ2n) is 3.56. The molecule has 18 heavy (non-hydrogen) atoms. The lowest BCUT2D eigenvalue weighted by molar-refractivity contribution is 0.100. The zero-order valence-electron chi connectivity index (χ0n) is 9.95. The number of allylic oxidation sites excluding steroid dienone is 1. The Balaban J connectivity index is 2.74. The van der Waals surface area contributed by atoms with Crippen molar-refractivity contribution >= 4 is 28.5 Å². The predicted molar refractivity (Wildman–Crippen MR) is 69.1 cm³/mol. The number of ketones is 1. The lowest BCUT2D eigenvalue weighted by atomic mass is 10.1. The van der Waals surface area contributed by atoms with Crippen LogP contribution in [0.15, 0.2) is 40.1 Å². The maximum absolute atomic E-state index is 13.1. The van der Waals surface area contributed by atoms with E-state index >= 15 is 0 Å². The van der Waals surface area contributed by atoms with Gasteiger partial charge in [0.15, 0.2) is 10.9 Å². The minimum absolute atomic E-state index is 0.198. The highest BCUT2D eigenvalue weighted by atomic mass is 32.2. The first-order valence-electron chi connectivity index (χ1n) is 5.12. The summed E-state index contributed by atoms with van der Waals surface area (Å²) < 4.78 is 23.6. The Morgan fingerprint density at radius 1 is 1.50 bits per heavy atom. The highest BCUT2D eigenvalue weighted by Crippen LogP contribution is 2.35. The van der Waals surface area contributed by atoms with E-state index < -0.39 is 11.6 Å². The van der Waals surface area contributed by atoms with Crippen LogP contribution < -0.4 is 4.74 Å². The average Bonchev–Trinajstić information content (AvgIpc) is 2.74. The summed E-state index contributed by atoms with van der Waals surface area (Å²) in [6.45, 7) is 3.04. The Bertz CT molecular complexity index is 630. The predicted octanol–water partition coefficient (Wildman–Crippen LogP) is 3.83. The maximum atomic E-state index is 13.1. The molecule has 0 aliphatic carbocycles. The molecule has 0 saturated carbocycles. The number of Topliss-reactive ketones (excluding diaryl/α,β-unsaturated/α-hetero) is 1. The fourth-order valence-electron chi connectivity index (χ4n) is 1.68. The number of rotatable bonds is 4. The van der Waals surface area contributed by atoms with E-state index in [0.29, 0.717) is 21.8 Å². The van der Waals surface area contributed by atoms with Crippen LogP contribution in [0.3, 0.4) is 0 Å². The minimum Gasteiger partial charge on any atom is -0.497 e. The SMILES string of the molecule is C=C(F)C(=O)c1c(SC)oc2ccc(OC)cc12. The van der Waals surface area contributed by atoms with Crippen molar-refractivity contribution in [1.82, 2.24) is 0 Å². The van der Waals surface area contributed by atoms with Gasteiger partial charge in [0.25, 0.3) is 0 Å². The van der Waals surface area contributed by atoms with Gasteiger partial charge in [-0.3, -0.25) is 4.79 Å². The molecule has 0 unspecified atom stereocenters. The summed E-state index contributed by atoms with van der Waals surface area (Å²) in [4.78, 5) is 11.8. The second-order valence-corrected chi connectivity index (χ2v) is 4.34. The molecule has 0 N–H and O–H groups in total. The molecule has 3 nitrogen and oxygen atoms in total. The van der Waals surface area contributed by atoms with Crippen LogP contribution in [0.4, 0.5) is 4.39 Å². The Morgan fingerprint density at radius 3 is 2.78 bits per heavy atom. The van der Waals surface area contributed by atoms with Gasteiger partial charge in [0.1, 0.15) is 11.3 Å². The number of furan rings is 1. The van der Waals surface area contributed by atoms with E-state index in [1.165, 1.54) is 18.9 Å². The molecular weight excluding hydrogens is 255 g/mol. The Morgan fingerprint density at radius 2 is 2.22 bits per heavy atom. The number of benzene rings is 1. The maximum Gasteiger partial charge on any atom is 0.225 e. The molecule has 0 aliphatic rings. The molecular formula is C13H11FO3S. The third-order valence-electron chi connectivity index (χ3n) is 2.52. The highest BCUT2D eigenvalue weighted by Gasteiger charge is 2.22. The molecule has 94 valence electrons. The zero-order valence-corrected chi connectivity index (χ0v) is 10.8. The van der Waals surface area contributed by atoms with Crippen molar-refractivity contribution in [2.24, 2.45) is 0 Å². The number of methoxy groups -OCH3 is 1. The molecule has 0 radical (unpaired) electrons. The van der Waals surface area contributed by atoms with Crippen molar-refractivity contribution in [1.29, 1.82) is 0 Å². The fourth-order valence-corrected chi connectivity index (χ4v) is 2.26. The lowest BCUT2D eigenvalue weighted by Crippen LogP contribution is -1.99. The van der Waals surface area contributed by atoms with Gasteiger partial charge in [-0.2, -0.15) is 0 Å². The number of carbonyl (C=O) groups excluding carboxylic acids is 1. The first-order valence-corrected chi connectivity index (χ1v) is 6.34. The monoisotopic (exact) mass is 266 g/mol. The summed E-state index contributed by atoms with van der Waals surface area (Å²) in [6, 6.07) is 5.05. The molecule has 0 amide bonds. The lowest BCUT2D eigenvalue weighted by Gasteiger charge is -2.00. The quantitative estimate of drug-likeness (QED) is 0.479.